The van der Waals surface area contributed by atoms with Crippen LogP contribution >= 0.6 is 0 Å². The van der Waals surface area contributed by atoms with Crippen LogP contribution in [0.3, 0.4) is 0 Å². The second-order valence-corrected chi connectivity index (χ2v) is 8.53. The summed E-state index contributed by atoms with van der Waals surface area (Å²) >= 11 is 0. The molecule has 1 heterocycles. The van der Waals surface area contributed by atoms with Gasteiger partial charge in [0.15, 0.2) is 5.16 Å². The number of aromatic amines is 1. The van der Waals surface area contributed by atoms with Crippen molar-refractivity contribution in [2.75, 3.05) is 11.1 Å². The molecule has 0 bridgehead atoms. The number of anilines is 2. The van der Waals surface area contributed by atoms with Crippen LogP contribution in [0.25, 0.3) is 11.0 Å². The molecule has 0 aliphatic carbocycles. The van der Waals surface area contributed by atoms with E-state index in [0.29, 0.717) is 17.5 Å². The van der Waals surface area contributed by atoms with Gasteiger partial charge in [0.2, 0.25) is 0 Å². The summed E-state index contributed by atoms with van der Waals surface area (Å²) in [7, 11) is -1.27. The van der Waals surface area contributed by atoms with Crippen molar-refractivity contribution in [2.45, 2.75) is 31.3 Å². The lowest BCUT2D eigenvalue weighted by atomic mass is 10.1. The van der Waals surface area contributed by atoms with Crippen molar-refractivity contribution in [3.63, 3.8) is 0 Å². The molecule has 0 saturated heterocycles. The highest BCUT2D eigenvalue weighted by Gasteiger charge is 2.14. The number of H-pyrrole nitrogens is 1. The first-order valence-electron chi connectivity index (χ1n) is 9.52. The fourth-order valence-corrected chi connectivity index (χ4v) is 4.51. The van der Waals surface area contributed by atoms with Crippen LogP contribution in [0.4, 0.5) is 11.4 Å². The molecule has 0 aliphatic heterocycles. The number of hydrogen-bond acceptors (Lipinski definition) is 4. The number of aromatic nitrogens is 2. The Hall–Kier alpha value is -3.12. The number of hydrogen-bond donors (Lipinski definition) is 3. The number of aryl methyl sites for hydroxylation is 2. The normalized spacial score (nSPS) is 12.2. The zero-order valence-corrected chi connectivity index (χ0v) is 17.3. The molecule has 5 nitrogen and oxygen atoms in total. The van der Waals surface area contributed by atoms with E-state index in [0.717, 1.165) is 44.7 Å². The van der Waals surface area contributed by atoms with Gasteiger partial charge in [-0.15, -0.1) is 0 Å². The molecule has 1 atom stereocenters. The second kappa shape index (κ2) is 8.09. The average molecular weight is 405 g/mol. The van der Waals surface area contributed by atoms with Gasteiger partial charge in [0.05, 0.1) is 27.6 Å². The lowest BCUT2D eigenvalue weighted by molar-refractivity contribution is 0.677. The Kier molecular flexibility index (Phi) is 5.36. The van der Waals surface area contributed by atoms with Gasteiger partial charge in [-0.25, -0.2) is 4.98 Å². The van der Waals surface area contributed by atoms with Gasteiger partial charge in [-0.05, 0) is 48.2 Å². The number of nitrogens with two attached hydrogens (primary N) is 1. The minimum atomic E-state index is -1.27. The molecule has 0 saturated carbocycles. The van der Waals surface area contributed by atoms with Gasteiger partial charge < -0.3 is 16.0 Å². The van der Waals surface area contributed by atoms with E-state index in [1.165, 1.54) is 0 Å². The molecule has 29 heavy (non-hydrogen) atoms. The van der Waals surface area contributed by atoms with E-state index in [2.05, 4.69) is 28.3 Å². The van der Waals surface area contributed by atoms with Crippen molar-refractivity contribution < 1.29 is 4.21 Å². The summed E-state index contributed by atoms with van der Waals surface area (Å²) < 4.78 is 13.0. The molecule has 6 heteroatoms. The molecular weight excluding hydrogens is 380 g/mol. The molecule has 0 unspecified atom stereocenters. The van der Waals surface area contributed by atoms with Crippen LogP contribution in [0.15, 0.2) is 65.8 Å². The highest BCUT2D eigenvalue weighted by atomic mass is 32.2. The first-order valence-corrected chi connectivity index (χ1v) is 10.8. The molecule has 0 aliphatic rings. The summed E-state index contributed by atoms with van der Waals surface area (Å²) in [5.74, 6) is 0.382. The predicted octanol–water partition coefficient (Wildman–Crippen LogP) is 4.68. The van der Waals surface area contributed by atoms with Crippen LogP contribution < -0.4 is 11.1 Å². The van der Waals surface area contributed by atoms with Gasteiger partial charge >= 0.3 is 0 Å². The van der Waals surface area contributed by atoms with Gasteiger partial charge in [0.1, 0.15) is 0 Å². The third kappa shape index (κ3) is 4.03. The third-order valence-corrected chi connectivity index (χ3v) is 6.30. The highest BCUT2D eigenvalue weighted by Crippen LogP contribution is 2.26. The highest BCUT2D eigenvalue weighted by molar-refractivity contribution is 7.84. The van der Waals surface area contributed by atoms with E-state index in [1.807, 2.05) is 61.5 Å². The van der Waals surface area contributed by atoms with Crippen molar-refractivity contribution in [1.82, 2.24) is 9.97 Å². The summed E-state index contributed by atoms with van der Waals surface area (Å²) in [6.07, 6.45) is 0. The van der Waals surface area contributed by atoms with Crippen LogP contribution in [0.5, 0.6) is 0 Å². The summed E-state index contributed by atoms with van der Waals surface area (Å²) in [5.41, 5.74) is 14.0. The molecule has 0 fully saturated rings. The van der Waals surface area contributed by atoms with Crippen molar-refractivity contribution in [2.24, 2.45) is 0 Å². The van der Waals surface area contributed by atoms with Crippen molar-refractivity contribution in [1.29, 1.82) is 0 Å². The molecule has 0 radical (unpaired) electrons. The zero-order chi connectivity index (χ0) is 20.4. The number of nitrogens with zero attached hydrogens (tertiary/aromatic N) is 1. The van der Waals surface area contributed by atoms with Crippen molar-refractivity contribution in [3.05, 3.63) is 82.9 Å². The Bertz CT molecular complexity index is 1170. The monoisotopic (exact) mass is 404 g/mol. The molecule has 0 amide bonds. The van der Waals surface area contributed by atoms with E-state index in [1.54, 1.807) is 0 Å². The molecule has 3 aromatic carbocycles. The Balaban J connectivity index is 1.57. The number of fused-ring (bicyclic) bond motifs is 1. The fourth-order valence-electron chi connectivity index (χ4n) is 3.43. The number of benzene rings is 3. The third-order valence-electron chi connectivity index (χ3n) is 5.10. The van der Waals surface area contributed by atoms with Crippen LogP contribution in [0.2, 0.25) is 0 Å². The lowest BCUT2D eigenvalue weighted by Crippen LogP contribution is -2.08. The maximum Gasteiger partial charge on any atom is 0.197 e. The number of imidazole rings is 1. The molecule has 4 aromatic rings. The van der Waals surface area contributed by atoms with E-state index >= 15 is 0 Å². The molecule has 4 rings (SSSR count). The van der Waals surface area contributed by atoms with Crippen molar-refractivity contribution >= 4 is 33.2 Å². The number of rotatable bonds is 6. The minimum Gasteiger partial charge on any atom is -0.398 e. The number of para-hydroxylation sites is 4. The Morgan fingerprint density at radius 3 is 2.48 bits per heavy atom. The Morgan fingerprint density at radius 1 is 0.966 bits per heavy atom. The topological polar surface area (TPSA) is 83.8 Å². The van der Waals surface area contributed by atoms with Crippen LogP contribution in [-0.2, 0) is 23.1 Å². The first-order chi connectivity index (χ1) is 14.0. The standard InChI is InChI=1S/C23H24N4OS/c1-15-7-5-9-17(21(15)24)13-25-22-16(2)8-6-10-18(22)14-29(28)23-26-19-11-3-4-12-20(19)27-23/h3-12,25H,13-14,24H2,1-2H3,(H,26,27)/t29-/m0/s1. The summed E-state index contributed by atoms with van der Waals surface area (Å²) in [6, 6.07) is 19.8. The maximum absolute atomic E-state index is 13.0. The summed E-state index contributed by atoms with van der Waals surface area (Å²) in [5, 5.41) is 4.01. The minimum absolute atomic E-state index is 0.382. The maximum atomic E-state index is 13.0. The van der Waals surface area contributed by atoms with E-state index in [9.17, 15) is 4.21 Å². The van der Waals surface area contributed by atoms with Gasteiger partial charge in [0.25, 0.3) is 0 Å². The quantitative estimate of drug-likeness (QED) is 0.407. The largest absolute Gasteiger partial charge is 0.398 e. The van der Waals surface area contributed by atoms with Crippen LogP contribution in [-0.4, -0.2) is 14.2 Å². The van der Waals surface area contributed by atoms with Crippen LogP contribution in [0.1, 0.15) is 22.3 Å². The SMILES string of the molecule is Cc1cccc(CNc2c(C)cccc2C[S@](=O)c2nc3ccccc3[nH]2)c1N. The van der Waals surface area contributed by atoms with Gasteiger partial charge in [-0.3, -0.25) is 4.21 Å². The summed E-state index contributed by atoms with van der Waals surface area (Å²) in [4.78, 5) is 7.66. The second-order valence-electron chi connectivity index (χ2n) is 7.16. The molecule has 1 aromatic heterocycles. The molecular formula is C23H24N4OS. The molecule has 148 valence electrons. The number of nitrogens with one attached hydrogen (secondary N) is 2. The van der Waals surface area contributed by atoms with E-state index in [-0.39, 0.29) is 0 Å². The fraction of sp³-hybridized carbons (Fsp3) is 0.174. The van der Waals surface area contributed by atoms with Crippen LogP contribution in [0, 0.1) is 13.8 Å². The number of nitrogen functional groups attached to an aromatic ring is 1. The van der Waals surface area contributed by atoms with Gasteiger partial charge in [-0.1, -0.05) is 48.5 Å². The summed E-state index contributed by atoms with van der Waals surface area (Å²) in [6.45, 7) is 4.67. The van der Waals surface area contributed by atoms with E-state index < -0.39 is 10.8 Å². The lowest BCUT2D eigenvalue weighted by Gasteiger charge is -2.16. The predicted molar refractivity (Wildman–Crippen MR) is 120 cm³/mol. The van der Waals surface area contributed by atoms with E-state index in [4.69, 9.17) is 5.73 Å². The average Bonchev–Trinajstić information content (AvgIpc) is 3.15. The molecule has 0 spiro atoms. The smallest absolute Gasteiger partial charge is 0.197 e. The van der Waals surface area contributed by atoms with Gasteiger partial charge in [-0.2, -0.15) is 0 Å². The zero-order valence-electron chi connectivity index (χ0n) is 16.5. The first kappa shape index (κ1) is 19.2. The van der Waals surface area contributed by atoms with Crippen molar-refractivity contribution in [3.8, 4) is 0 Å². The van der Waals surface area contributed by atoms with Gasteiger partial charge in [0, 0.05) is 17.9 Å². The molecule has 4 N–H and O–H groups in total. The Labute approximate surface area is 172 Å². The Morgan fingerprint density at radius 2 is 1.69 bits per heavy atom.